The number of H-pyrrole nitrogens is 1. The van der Waals surface area contributed by atoms with Crippen molar-refractivity contribution in [3.8, 4) is 5.75 Å². The number of ether oxygens (including phenoxy) is 2. The zero-order valence-electron chi connectivity index (χ0n) is 13.8. The number of aromatic nitrogens is 2. The van der Waals surface area contributed by atoms with Crippen molar-refractivity contribution in [1.82, 2.24) is 9.97 Å². The summed E-state index contributed by atoms with van der Waals surface area (Å²) in [7, 11) is 0. The summed E-state index contributed by atoms with van der Waals surface area (Å²) in [5.41, 5.74) is 0.312. The van der Waals surface area contributed by atoms with Crippen LogP contribution in [0.5, 0.6) is 5.75 Å². The van der Waals surface area contributed by atoms with Gasteiger partial charge in [-0.25, -0.2) is 4.98 Å². The van der Waals surface area contributed by atoms with E-state index in [1.807, 2.05) is 30.3 Å². The highest BCUT2D eigenvalue weighted by Gasteiger charge is 2.15. The first kappa shape index (κ1) is 16.7. The molecule has 6 nitrogen and oxygen atoms in total. The Bertz CT molecular complexity index is 921. The molecule has 0 bridgehead atoms. The van der Waals surface area contributed by atoms with Crippen molar-refractivity contribution >= 4 is 16.9 Å². The first-order valence-corrected chi connectivity index (χ1v) is 8.00. The Balaban J connectivity index is 1.59. The van der Waals surface area contributed by atoms with E-state index in [4.69, 9.17) is 9.47 Å². The Morgan fingerprint density at radius 3 is 2.64 bits per heavy atom. The number of esters is 1. The molecular weight excluding hydrogens is 320 g/mol. The fourth-order valence-corrected chi connectivity index (χ4v) is 2.38. The summed E-state index contributed by atoms with van der Waals surface area (Å²) in [6.07, 6.45) is -0.543. The minimum absolute atomic E-state index is 0.108. The molecule has 6 heteroatoms. The minimum atomic E-state index is -0.651. The lowest BCUT2D eigenvalue weighted by atomic mass is 10.2. The van der Waals surface area contributed by atoms with Crippen molar-refractivity contribution in [2.75, 3.05) is 6.61 Å². The Morgan fingerprint density at radius 2 is 1.84 bits per heavy atom. The normalized spacial score (nSPS) is 11.9. The molecule has 0 radical (unpaired) electrons. The molecule has 3 aromatic rings. The number of nitrogens with zero attached hydrogens (tertiary/aromatic N) is 1. The van der Waals surface area contributed by atoms with Crippen LogP contribution in [0.25, 0.3) is 10.9 Å². The molecule has 1 N–H and O–H groups in total. The number of benzene rings is 2. The van der Waals surface area contributed by atoms with Crippen molar-refractivity contribution in [2.45, 2.75) is 19.4 Å². The Kier molecular flexibility index (Phi) is 5.09. The number of hydrogen-bond acceptors (Lipinski definition) is 5. The molecule has 0 fully saturated rings. The summed E-state index contributed by atoms with van der Waals surface area (Å²) < 4.78 is 10.8. The molecule has 1 atom stereocenters. The van der Waals surface area contributed by atoms with Crippen LogP contribution in [-0.2, 0) is 9.53 Å². The molecule has 1 heterocycles. The van der Waals surface area contributed by atoms with Gasteiger partial charge in [0.15, 0.2) is 11.9 Å². The van der Waals surface area contributed by atoms with Crippen LogP contribution in [0.3, 0.4) is 0 Å². The summed E-state index contributed by atoms with van der Waals surface area (Å²) in [5, 5.41) is 0.501. The molecular formula is C19H18N2O4. The van der Waals surface area contributed by atoms with Crippen LogP contribution in [0, 0.1) is 0 Å². The monoisotopic (exact) mass is 338 g/mol. The maximum atomic E-state index is 12.1. The molecule has 1 aromatic heterocycles. The maximum absolute atomic E-state index is 12.1. The summed E-state index contributed by atoms with van der Waals surface area (Å²) in [5.74, 6) is 0.601. The zero-order valence-corrected chi connectivity index (χ0v) is 13.8. The standard InChI is InChI=1S/C19H18N2O4/c1-13(18-20-16-10-6-5-9-15(16)19(23)21-18)25-17(22)11-12-24-14-7-3-2-4-8-14/h2-10,13H,11-12H2,1H3,(H,20,21,23)/t13-/m1/s1. The average molecular weight is 338 g/mol. The van der Waals surface area contributed by atoms with E-state index in [1.54, 1.807) is 31.2 Å². The van der Waals surface area contributed by atoms with Crippen LogP contribution in [0.4, 0.5) is 0 Å². The highest BCUT2D eigenvalue weighted by Crippen LogP contribution is 2.15. The Hall–Kier alpha value is -3.15. The largest absolute Gasteiger partial charge is 0.493 e. The Labute approximate surface area is 144 Å². The van der Waals surface area contributed by atoms with Crippen LogP contribution < -0.4 is 10.3 Å². The smallest absolute Gasteiger partial charge is 0.309 e. The van der Waals surface area contributed by atoms with Gasteiger partial charge in [-0.2, -0.15) is 0 Å². The third-order valence-corrected chi connectivity index (χ3v) is 3.64. The summed E-state index contributed by atoms with van der Waals surface area (Å²) in [6, 6.07) is 16.3. The van der Waals surface area contributed by atoms with Gasteiger partial charge in [0.2, 0.25) is 0 Å². The number of aromatic amines is 1. The van der Waals surface area contributed by atoms with Gasteiger partial charge >= 0.3 is 5.97 Å². The third kappa shape index (κ3) is 4.23. The Morgan fingerprint density at radius 1 is 1.12 bits per heavy atom. The quantitative estimate of drug-likeness (QED) is 0.699. The van der Waals surface area contributed by atoms with E-state index < -0.39 is 12.1 Å². The van der Waals surface area contributed by atoms with Gasteiger partial charge in [0.05, 0.1) is 23.9 Å². The molecule has 0 aliphatic heterocycles. The summed E-state index contributed by atoms with van der Waals surface area (Å²) >= 11 is 0. The number of rotatable bonds is 6. The molecule has 0 unspecified atom stereocenters. The molecule has 0 aliphatic rings. The van der Waals surface area contributed by atoms with E-state index >= 15 is 0 Å². The molecule has 0 spiro atoms. The second kappa shape index (κ2) is 7.61. The van der Waals surface area contributed by atoms with Gasteiger partial charge in [-0.15, -0.1) is 0 Å². The fourth-order valence-electron chi connectivity index (χ4n) is 2.38. The van der Waals surface area contributed by atoms with E-state index in [0.29, 0.717) is 22.5 Å². The van der Waals surface area contributed by atoms with E-state index in [-0.39, 0.29) is 18.6 Å². The predicted molar refractivity (Wildman–Crippen MR) is 93.4 cm³/mol. The van der Waals surface area contributed by atoms with E-state index in [9.17, 15) is 9.59 Å². The van der Waals surface area contributed by atoms with Crippen LogP contribution in [0.1, 0.15) is 25.3 Å². The van der Waals surface area contributed by atoms with Gasteiger partial charge < -0.3 is 14.5 Å². The molecule has 128 valence electrons. The number of carbonyl (C=O) groups is 1. The lowest BCUT2D eigenvalue weighted by Gasteiger charge is -2.13. The van der Waals surface area contributed by atoms with Gasteiger partial charge in [-0.3, -0.25) is 9.59 Å². The van der Waals surface area contributed by atoms with Gasteiger partial charge in [0.25, 0.3) is 5.56 Å². The number of hydrogen-bond donors (Lipinski definition) is 1. The van der Waals surface area contributed by atoms with Gasteiger partial charge in [-0.05, 0) is 31.2 Å². The first-order chi connectivity index (χ1) is 12.1. The minimum Gasteiger partial charge on any atom is -0.493 e. The highest BCUT2D eigenvalue weighted by molar-refractivity contribution is 5.77. The molecule has 25 heavy (non-hydrogen) atoms. The molecule has 0 aliphatic carbocycles. The second-order valence-electron chi connectivity index (χ2n) is 5.51. The number of para-hydroxylation sites is 2. The first-order valence-electron chi connectivity index (χ1n) is 8.00. The number of fused-ring (bicyclic) bond motifs is 1. The van der Waals surface area contributed by atoms with Gasteiger partial charge in [0, 0.05) is 0 Å². The van der Waals surface area contributed by atoms with Crippen LogP contribution in [0.2, 0.25) is 0 Å². The lowest BCUT2D eigenvalue weighted by Crippen LogP contribution is -2.18. The van der Waals surface area contributed by atoms with Crippen molar-refractivity contribution in [3.05, 3.63) is 70.8 Å². The van der Waals surface area contributed by atoms with E-state index in [2.05, 4.69) is 9.97 Å². The van der Waals surface area contributed by atoms with Crippen LogP contribution >= 0.6 is 0 Å². The van der Waals surface area contributed by atoms with Crippen molar-refractivity contribution in [2.24, 2.45) is 0 Å². The van der Waals surface area contributed by atoms with Crippen molar-refractivity contribution < 1.29 is 14.3 Å². The lowest BCUT2D eigenvalue weighted by molar-refractivity contribution is -0.149. The molecule has 0 amide bonds. The fraction of sp³-hybridized carbons (Fsp3) is 0.211. The van der Waals surface area contributed by atoms with E-state index in [1.165, 1.54) is 0 Å². The molecule has 0 saturated heterocycles. The molecule has 3 rings (SSSR count). The van der Waals surface area contributed by atoms with E-state index in [0.717, 1.165) is 0 Å². The summed E-state index contributed by atoms with van der Waals surface area (Å²) in [4.78, 5) is 31.0. The predicted octanol–water partition coefficient (Wildman–Crippen LogP) is 3.00. The second-order valence-corrected chi connectivity index (χ2v) is 5.51. The SMILES string of the molecule is C[C@@H](OC(=O)CCOc1ccccc1)c1nc2ccccc2c(=O)[nH]1. The summed E-state index contributed by atoms with van der Waals surface area (Å²) in [6.45, 7) is 1.89. The molecule has 2 aromatic carbocycles. The van der Waals surface area contributed by atoms with Gasteiger partial charge in [-0.1, -0.05) is 30.3 Å². The highest BCUT2D eigenvalue weighted by atomic mass is 16.5. The van der Waals surface area contributed by atoms with Crippen molar-refractivity contribution in [1.29, 1.82) is 0 Å². The maximum Gasteiger partial charge on any atom is 0.309 e. The average Bonchev–Trinajstić information content (AvgIpc) is 2.62. The zero-order chi connectivity index (χ0) is 17.6. The number of nitrogens with one attached hydrogen (secondary N) is 1. The topological polar surface area (TPSA) is 81.3 Å². The van der Waals surface area contributed by atoms with Crippen molar-refractivity contribution in [3.63, 3.8) is 0 Å². The van der Waals surface area contributed by atoms with Crippen LogP contribution in [0.15, 0.2) is 59.4 Å². The van der Waals surface area contributed by atoms with Crippen LogP contribution in [-0.4, -0.2) is 22.5 Å². The molecule has 0 saturated carbocycles. The number of carbonyl (C=O) groups excluding carboxylic acids is 1. The van der Waals surface area contributed by atoms with Gasteiger partial charge in [0.1, 0.15) is 5.75 Å². The third-order valence-electron chi connectivity index (χ3n) is 3.64.